The molecule has 2 rings (SSSR count). The molecule has 10 heteroatoms. The van der Waals surface area contributed by atoms with Crippen LogP contribution in [0.5, 0.6) is 0 Å². The first-order valence-corrected chi connectivity index (χ1v) is 13.5. The van der Waals surface area contributed by atoms with Gasteiger partial charge in [-0.3, -0.25) is 0 Å². The van der Waals surface area contributed by atoms with E-state index < -0.39 is 15.3 Å². The molecule has 0 saturated carbocycles. The lowest BCUT2D eigenvalue weighted by atomic mass is 10.00. The van der Waals surface area contributed by atoms with Gasteiger partial charge in [0.15, 0.2) is 0 Å². The summed E-state index contributed by atoms with van der Waals surface area (Å²) >= 11 is 0. The Hall–Kier alpha value is -1.66. The number of hydrogen-bond acceptors (Lipinski definition) is 4. The highest BCUT2D eigenvalue weighted by atomic mass is 31.2. The van der Waals surface area contributed by atoms with Gasteiger partial charge in [-0.05, 0) is 94.5 Å². The zero-order valence-electron chi connectivity index (χ0n) is 21.5. The molecule has 1 aliphatic rings. The monoisotopic (exact) mass is 496 g/mol. The maximum atomic E-state index is 13.2. The maximum Gasteiger partial charge on any atom is 0.394 e. The van der Waals surface area contributed by atoms with Gasteiger partial charge in [0, 0.05) is 12.0 Å². The van der Waals surface area contributed by atoms with Crippen LogP contribution in [-0.4, -0.2) is 75.1 Å². The second-order valence-corrected chi connectivity index (χ2v) is 13.9. The average Bonchev–Trinajstić information content (AvgIpc) is 2.75. The third-order valence-corrected chi connectivity index (χ3v) is 9.65. The number of hydrogen-bond donors (Lipinski definition) is 0. The Balaban J connectivity index is 0.000000779. The molecule has 184 valence electrons. The maximum absolute atomic E-state index is 13.2. The summed E-state index contributed by atoms with van der Waals surface area (Å²) in [6, 6.07) is 13.0. The van der Waals surface area contributed by atoms with Gasteiger partial charge in [-0.1, -0.05) is 29.8 Å². The zero-order chi connectivity index (χ0) is 25.4. The van der Waals surface area contributed by atoms with Crippen LogP contribution in [-0.2, 0) is 18.2 Å². The van der Waals surface area contributed by atoms with Crippen LogP contribution in [0.3, 0.4) is 0 Å². The molecule has 0 atom stereocenters. The van der Waals surface area contributed by atoms with E-state index in [4.69, 9.17) is 9.05 Å². The number of allylic oxidation sites excluding steroid dienone is 5. The molecular formula is C23H38N4O4P2. The SMILES string of the molecule is CC(C)=C1CC(OP(=O)(N(C)C)N(C)C)=CC=C1OP(=O)(N(C)C)N(C)C.[c]1cc[c]cc1. The van der Waals surface area contributed by atoms with Crippen LogP contribution in [0.15, 0.2) is 59.1 Å². The third kappa shape index (κ3) is 7.96. The summed E-state index contributed by atoms with van der Waals surface area (Å²) in [6.07, 6.45) is 3.88. The van der Waals surface area contributed by atoms with Crippen LogP contribution < -0.4 is 0 Å². The summed E-state index contributed by atoms with van der Waals surface area (Å²) in [5.41, 5.74) is 1.89. The van der Waals surface area contributed by atoms with Crippen LogP contribution in [0.1, 0.15) is 20.3 Å². The van der Waals surface area contributed by atoms with Gasteiger partial charge < -0.3 is 9.05 Å². The molecule has 0 unspecified atom stereocenters. The van der Waals surface area contributed by atoms with E-state index in [1.54, 1.807) is 87.2 Å². The molecule has 0 bridgehead atoms. The molecule has 0 N–H and O–H groups in total. The molecule has 0 fully saturated rings. The summed E-state index contributed by atoms with van der Waals surface area (Å²) in [5, 5.41) is 0. The summed E-state index contributed by atoms with van der Waals surface area (Å²) in [7, 11) is 7.46. The first-order chi connectivity index (χ1) is 15.3. The molecule has 1 aromatic carbocycles. The standard InChI is InChI=1S/C17H34N4O4P2.C6H4/c1-14(2)16-13-15(24-26(22,18(3)4)19(5)6)11-12-17(16)25-27(23,20(7)8)21(9)10;1-2-4-6-5-3-1/h11-12H,13H2,1-10H3;1-2,5-6H. The van der Waals surface area contributed by atoms with E-state index in [2.05, 4.69) is 12.1 Å². The lowest BCUT2D eigenvalue weighted by Crippen LogP contribution is -2.24. The second-order valence-electron chi connectivity index (χ2n) is 8.37. The molecular weight excluding hydrogens is 458 g/mol. The van der Waals surface area contributed by atoms with E-state index in [0.717, 1.165) is 11.1 Å². The smallest absolute Gasteiger partial charge is 0.394 e. The van der Waals surface area contributed by atoms with E-state index in [1.807, 2.05) is 38.1 Å². The van der Waals surface area contributed by atoms with Crippen molar-refractivity contribution in [3.8, 4) is 0 Å². The molecule has 0 aromatic heterocycles. The number of rotatable bonds is 8. The van der Waals surface area contributed by atoms with Gasteiger partial charge in [0.25, 0.3) is 0 Å². The Kier molecular flexibility index (Phi) is 11.3. The van der Waals surface area contributed by atoms with Gasteiger partial charge in [-0.25, -0.2) is 27.8 Å². The lowest BCUT2D eigenvalue weighted by molar-refractivity contribution is 0.288. The lowest BCUT2D eigenvalue weighted by Gasteiger charge is -2.34. The highest BCUT2D eigenvalue weighted by molar-refractivity contribution is 7.54. The second kappa shape index (κ2) is 12.7. The molecule has 0 amide bonds. The van der Waals surface area contributed by atoms with Gasteiger partial charge in [-0.15, -0.1) is 0 Å². The normalized spacial score (nSPS) is 14.7. The first kappa shape index (κ1) is 29.4. The van der Waals surface area contributed by atoms with Gasteiger partial charge in [0.05, 0.1) is 0 Å². The van der Waals surface area contributed by atoms with Crippen LogP contribution in [0, 0.1) is 12.1 Å². The molecule has 1 aliphatic carbocycles. The molecule has 0 saturated heterocycles. The van der Waals surface area contributed by atoms with Crippen LogP contribution in [0.2, 0.25) is 0 Å². The fourth-order valence-corrected chi connectivity index (χ4v) is 5.73. The van der Waals surface area contributed by atoms with Crippen molar-refractivity contribution in [3.63, 3.8) is 0 Å². The van der Waals surface area contributed by atoms with Crippen molar-refractivity contribution in [2.75, 3.05) is 56.4 Å². The largest absolute Gasteiger partial charge is 0.426 e. The summed E-state index contributed by atoms with van der Waals surface area (Å²) in [4.78, 5) is 0. The van der Waals surface area contributed by atoms with Crippen molar-refractivity contribution < 1.29 is 18.2 Å². The van der Waals surface area contributed by atoms with E-state index in [9.17, 15) is 9.13 Å². The highest BCUT2D eigenvalue weighted by Crippen LogP contribution is 2.56. The Morgan fingerprint density at radius 2 is 1.12 bits per heavy atom. The van der Waals surface area contributed by atoms with Gasteiger partial charge in [0.1, 0.15) is 11.5 Å². The van der Waals surface area contributed by atoms with Crippen molar-refractivity contribution in [1.29, 1.82) is 0 Å². The Morgan fingerprint density at radius 1 is 0.727 bits per heavy atom. The van der Waals surface area contributed by atoms with Crippen molar-refractivity contribution in [3.05, 3.63) is 71.2 Å². The minimum absolute atomic E-state index is 0.417. The predicted molar refractivity (Wildman–Crippen MR) is 135 cm³/mol. The summed E-state index contributed by atoms with van der Waals surface area (Å²) in [5.74, 6) is 1.12. The van der Waals surface area contributed by atoms with Crippen LogP contribution in [0.25, 0.3) is 0 Å². The molecule has 8 nitrogen and oxygen atoms in total. The molecule has 1 aromatic rings. The first-order valence-electron chi connectivity index (χ1n) is 10.5. The zero-order valence-corrected chi connectivity index (χ0v) is 23.3. The number of benzene rings is 1. The quantitative estimate of drug-likeness (QED) is 0.451. The van der Waals surface area contributed by atoms with Gasteiger partial charge in [-0.2, -0.15) is 0 Å². The molecule has 33 heavy (non-hydrogen) atoms. The van der Waals surface area contributed by atoms with E-state index in [0.29, 0.717) is 17.9 Å². The van der Waals surface area contributed by atoms with Gasteiger partial charge in [0.2, 0.25) is 0 Å². The summed E-state index contributed by atoms with van der Waals surface area (Å²) in [6.45, 7) is 3.92. The summed E-state index contributed by atoms with van der Waals surface area (Å²) < 4.78 is 44.5. The van der Waals surface area contributed by atoms with Crippen molar-refractivity contribution >= 4 is 15.3 Å². The third-order valence-electron chi connectivity index (χ3n) is 4.70. The Morgan fingerprint density at radius 3 is 1.45 bits per heavy atom. The minimum Gasteiger partial charge on any atom is -0.426 e. The van der Waals surface area contributed by atoms with Crippen molar-refractivity contribution in [2.24, 2.45) is 0 Å². The van der Waals surface area contributed by atoms with Gasteiger partial charge >= 0.3 is 15.3 Å². The fourth-order valence-electron chi connectivity index (χ4n) is 2.79. The van der Waals surface area contributed by atoms with E-state index in [1.165, 1.54) is 0 Å². The topological polar surface area (TPSA) is 65.6 Å². The molecule has 0 aliphatic heterocycles. The van der Waals surface area contributed by atoms with Crippen LogP contribution >= 0.6 is 15.3 Å². The predicted octanol–water partition coefficient (Wildman–Crippen LogP) is 5.28. The van der Waals surface area contributed by atoms with Crippen molar-refractivity contribution in [2.45, 2.75) is 20.3 Å². The molecule has 2 radical (unpaired) electrons. The highest BCUT2D eigenvalue weighted by Gasteiger charge is 2.36. The Bertz CT molecular complexity index is 900. The molecule has 0 spiro atoms. The number of nitrogens with zero attached hydrogens (tertiary/aromatic N) is 4. The van der Waals surface area contributed by atoms with E-state index in [-0.39, 0.29) is 0 Å². The fraction of sp³-hybridized carbons (Fsp3) is 0.478. The average molecular weight is 497 g/mol. The molecule has 0 heterocycles. The van der Waals surface area contributed by atoms with E-state index >= 15 is 0 Å². The minimum atomic E-state index is -3.18. The van der Waals surface area contributed by atoms with Crippen LogP contribution in [0.4, 0.5) is 0 Å². The van der Waals surface area contributed by atoms with Crippen molar-refractivity contribution in [1.82, 2.24) is 18.7 Å². The Labute approximate surface area is 200 Å².